The van der Waals surface area contributed by atoms with Crippen LogP contribution in [0.15, 0.2) is 77.7 Å². The summed E-state index contributed by atoms with van der Waals surface area (Å²) in [5, 5.41) is 11.6. The molecule has 7 nitrogen and oxygen atoms in total. The number of aliphatic carboxylic acids is 1. The molecule has 3 N–H and O–H groups in total. The molecule has 1 amide bonds. The second-order valence-corrected chi connectivity index (χ2v) is 7.38. The number of benzene rings is 2. The first-order valence-corrected chi connectivity index (χ1v) is 10.3. The van der Waals surface area contributed by atoms with E-state index in [1.54, 1.807) is 0 Å². The zero-order chi connectivity index (χ0) is 22.9. The number of carboxylic acids is 1. The number of aromatic nitrogens is 1. The molecule has 0 unspecified atom stereocenters. The lowest BCUT2D eigenvalue weighted by Crippen LogP contribution is -2.33. The molecule has 0 saturated carbocycles. The molecule has 0 aliphatic rings. The van der Waals surface area contributed by atoms with Crippen molar-refractivity contribution in [1.29, 1.82) is 0 Å². The molecule has 0 atom stereocenters. The Labute approximate surface area is 185 Å². The van der Waals surface area contributed by atoms with E-state index >= 15 is 0 Å². The Kier molecular flexibility index (Phi) is 7.70. The molecular formula is C25H24N2O5. The summed E-state index contributed by atoms with van der Waals surface area (Å²) < 4.78 is 0. The van der Waals surface area contributed by atoms with Gasteiger partial charge in [0.05, 0.1) is 11.7 Å². The molecule has 0 radical (unpaired) electrons. The number of hydrogen-bond acceptors (Lipinski definition) is 4. The molecule has 0 fully saturated rings. The minimum absolute atomic E-state index is 0.00704. The van der Waals surface area contributed by atoms with Crippen LogP contribution in [0.4, 0.5) is 0 Å². The number of hydrogen-bond donors (Lipinski definition) is 3. The molecule has 3 rings (SSSR count). The van der Waals surface area contributed by atoms with E-state index in [0.717, 1.165) is 17.2 Å². The van der Waals surface area contributed by atoms with Gasteiger partial charge in [-0.25, -0.2) is 0 Å². The molecule has 0 spiro atoms. The van der Waals surface area contributed by atoms with E-state index in [-0.39, 0.29) is 29.9 Å². The number of aromatic amines is 1. The number of carboxylic acid groups (broad SMARTS) is 1. The van der Waals surface area contributed by atoms with Gasteiger partial charge in [-0.05, 0) is 24.0 Å². The first-order valence-electron chi connectivity index (χ1n) is 10.3. The van der Waals surface area contributed by atoms with Gasteiger partial charge in [0.1, 0.15) is 5.56 Å². The van der Waals surface area contributed by atoms with Crippen LogP contribution in [0.25, 0.3) is 0 Å². The third-order valence-electron chi connectivity index (χ3n) is 5.04. The molecule has 2 aromatic carbocycles. The number of unbranched alkanes of at least 4 members (excludes halogenated alkanes) is 1. The fourth-order valence-electron chi connectivity index (χ4n) is 3.37. The van der Waals surface area contributed by atoms with Crippen LogP contribution in [-0.4, -0.2) is 27.8 Å². The van der Waals surface area contributed by atoms with Crippen LogP contribution in [-0.2, 0) is 4.79 Å². The number of amides is 1. The van der Waals surface area contributed by atoms with Crippen molar-refractivity contribution in [2.75, 3.05) is 0 Å². The van der Waals surface area contributed by atoms with Crippen molar-refractivity contribution in [1.82, 2.24) is 10.3 Å². The van der Waals surface area contributed by atoms with Crippen molar-refractivity contribution >= 4 is 17.7 Å². The zero-order valence-corrected chi connectivity index (χ0v) is 17.4. The Balaban J connectivity index is 1.74. The summed E-state index contributed by atoms with van der Waals surface area (Å²) in [7, 11) is 0. The van der Waals surface area contributed by atoms with Gasteiger partial charge in [-0.1, -0.05) is 60.7 Å². The lowest BCUT2D eigenvalue weighted by molar-refractivity contribution is -0.137. The van der Waals surface area contributed by atoms with E-state index in [0.29, 0.717) is 12.8 Å². The van der Waals surface area contributed by atoms with Crippen molar-refractivity contribution in [3.63, 3.8) is 0 Å². The van der Waals surface area contributed by atoms with E-state index in [9.17, 15) is 19.2 Å². The number of Topliss-reactive ketones (excluding diaryl/α,β-unsaturated/α-hetero) is 1. The number of pyridine rings is 1. The highest BCUT2D eigenvalue weighted by Gasteiger charge is 2.20. The lowest BCUT2D eigenvalue weighted by Gasteiger charge is -2.20. The van der Waals surface area contributed by atoms with Gasteiger partial charge in [0.25, 0.3) is 5.91 Å². The average molecular weight is 432 g/mol. The standard InChI is InChI=1S/C25H24N2O5/c28-21(13-7-8-14-23(30)31)20-15-22(29)19(16-26-20)25(32)27-24(17-9-3-1-4-10-17)18-11-5-2-6-12-18/h1-6,9-12,15-16,24H,7-8,13-14H2,(H,26,29)(H,27,32)(H,30,31). The van der Waals surface area contributed by atoms with E-state index in [4.69, 9.17) is 5.11 Å². The Morgan fingerprint density at radius 1 is 0.875 bits per heavy atom. The Morgan fingerprint density at radius 2 is 1.44 bits per heavy atom. The van der Waals surface area contributed by atoms with Crippen LogP contribution in [0.1, 0.15) is 63.7 Å². The summed E-state index contributed by atoms with van der Waals surface area (Å²) in [6.45, 7) is 0. The minimum atomic E-state index is -0.912. The quantitative estimate of drug-likeness (QED) is 0.333. The third-order valence-corrected chi connectivity index (χ3v) is 5.04. The molecular weight excluding hydrogens is 408 g/mol. The fourth-order valence-corrected chi connectivity index (χ4v) is 3.37. The number of rotatable bonds is 10. The monoisotopic (exact) mass is 432 g/mol. The highest BCUT2D eigenvalue weighted by atomic mass is 16.4. The molecule has 0 bridgehead atoms. The number of ketones is 1. The van der Waals surface area contributed by atoms with Gasteiger partial charge < -0.3 is 15.4 Å². The number of carbonyl (C=O) groups excluding carboxylic acids is 2. The molecule has 1 aromatic heterocycles. The normalized spacial score (nSPS) is 10.7. The molecule has 1 heterocycles. The van der Waals surface area contributed by atoms with Gasteiger partial charge in [0, 0.05) is 25.1 Å². The predicted molar refractivity (Wildman–Crippen MR) is 120 cm³/mol. The van der Waals surface area contributed by atoms with Crippen LogP contribution in [0.2, 0.25) is 0 Å². The van der Waals surface area contributed by atoms with Gasteiger partial charge in [-0.2, -0.15) is 0 Å². The van der Waals surface area contributed by atoms with E-state index in [1.807, 2.05) is 60.7 Å². The summed E-state index contributed by atoms with van der Waals surface area (Å²) in [5.41, 5.74) is 1.19. The van der Waals surface area contributed by atoms with E-state index in [2.05, 4.69) is 10.3 Å². The summed E-state index contributed by atoms with van der Waals surface area (Å²) in [6.07, 6.45) is 2.15. The zero-order valence-electron chi connectivity index (χ0n) is 17.4. The summed E-state index contributed by atoms with van der Waals surface area (Å²) >= 11 is 0. The topological polar surface area (TPSA) is 116 Å². The van der Waals surface area contributed by atoms with Gasteiger partial charge in [0.15, 0.2) is 11.2 Å². The first kappa shape index (κ1) is 22.7. The highest BCUT2D eigenvalue weighted by Crippen LogP contribution is 2.22. The highest BCUT2D eigenvalue weighted by molar-refractivity contribution is 5.97. The van der Waals surface area contributed by atoms with Gasteiger partial charge in [-0.3, -0.25) is 19.2 Å². The van der Waals surface area contributed by atoms with Crippen LogP contribution in [0.3, 0.4) is 0 Å². The second kappa shape index (κ2) is 10.9. The van der Waals surface area contributed by atoms with Crippen molar-refractivity contribution in [3.8, 4) is 0 Å². The Morgan fingerprint density at radius 3 is 1.97 bits per heavy atom. The predicted octanol–water partition coefficient (Wildman–Crippen LogP) is 3.72. The van der Waals surface area contributed by atoms with Crippen LogP contribution in [0, 0.1) is 0 Å². The summed E-state index contributed by atoms with van der Waals surface area (Å²) in [6, 6.07) is 19.5. The molecule has 7 heteroatoms. The molecule has 164 valence electrons. The maximum Gasteiger partial charge on any atom is 0.303 e. The van der Waals surface area contributed by atoms with Crippen LogP contribution in [0.5, 0.6) is 0 Å². The average Bonchev–Trinajstić information content (AvgIpc) is 2.81. The fraction of sp³-hybridized carbons (Fsp3) is 0.200. The minimum Gasteiger partial charge on any atom is -0.481 e. The number of H-pyrrole nitrogens is 1. The maximum atomic E-state index is 12.9. The number of carbonyl (C=O) groups is 3. The summed E-state index contributed by atoms with van der Waals surface area (Å²) in [5.74, 6) is -1.76. The number of nitrogens with one attached hydrogen (secondary N) is 2. The third kappa shape index (κ3) is 6.01. The van der Waals surface area contributed by atoms with E-state index in [1.165, 1.54) is 6.20 Å². The lowest BCUT2D eigenvalue weighted by atomic mass is 9.98. The van der Waals surface area contributed by atoms with Gasteiger partial charge >= 0.3 is 5.97 Å². The maximum absolute atomic E-state index is 12.9. The molecule has 0 saturated heterocycles. The van der Waals surface area contributed by atoms with Crippen molar-refractivity contribution in [3.05, 3.63) is 106 Å². The van der Waals surface area contributed by atoms with Crippen LogP contribution < -0.4 is 10.7 Å². The van der Waals surface area contributed by atoms with Gasteiger partial charge in [0.2, 0.25) is 0 Å². The van der Waals surface area contributed by atoms with Crippen molar-refractivity contribution in [2.45, 2.75) is 31.7 Å². The van der Waals surface area contributed by atoms with Crippen LogP contribution >= 0.6 is 0 Å². The molecule has 0 aliphatic carbocycles. The summed E-state index contributed by atoms with van der Waals surface area (Å²) in [4.78, 5) is 51.0. The van der Waals surface area contributed by atoms with E-state index < -0.39 is 23.3 Å². The smallest absolute Gasteiger partial charge is 0.303 e. The molecule has 32 heavy (non-hydrogen) atoms. The largest absolute Gasteiger partial charge is 0.481 e. The Hall–Kier alpha value is -4.00. The first-order chi connectivity index (χ1) is 15.5. The second-order valence-electron chi connectivity index (χ2n) is 7.38. The van der Waals surface area contributed by atoms with Crippen molar-refractivity contribution < 1.29 is 19.5 Å². The molecule has 3 aromatic rings. The van der Waals surface area contributed by atoms with Crippen molar-refractivity contribution in [2.24, 2.45) is 0 Å². The molecule has 0 aliphatic heterocycles. The van der Waals surface area contributed by atoms with Gasteiger partial charge in [-0.15, -0.1) is 0 Å². The Bertz CT molecular complexity index is 1100. The SMILES string of the molecule is O=C(O)CCCCC(=O)c1cc(=O)c(C(=O)NC(c2ccccc2)c2ccccc2)c[nH]1.